The average Bonchev–Trinajstić information content (AvgIpc) is 3.13. The Balaban J connectivity index is 1.69. The molecule has 2 atom stereocenters. The van der Waals surface area contributed by atoms with Crippen LogP contribution < -0.4 is 20.7 Å². The van der Waals surface area contributed by atoms with Gasteiger partial charge in [-0.2, -0.15) is 0 Å². The van der Waals surface area contributed by atoms with Crippen LogP contribution in [0.3, 0.4) is 0 Å². The minimum absolute atomic E-state index is 0.0856. The molecule has 4 rings (SSSR count). The van der Waals surface area contributed by atoms with Crippen LogP contribution in [0.1, 0.15) is 0 Å². The van der Waals surface area contributed by atoms with Gasteiger partial charge in [0.2, 0.25) is 5.91 Å². The lowest BCUT2D eigenvalue weighted by Crippen LogP contribution is -2.54. The molecule has 0 saturated carbocycles. The van der Waals surface area contributed by atoms with Gasteiger partial charge < -0.3 is 30.0 Å². The summed E-state index contributed by atoms with van der Waals surface area (Å²) in [6.45, 7) is 1.13. The Hall–Kier alpha value is -3.47. The summed E-state index contributed by atoms with van der Waals surface area (Å²) in [6.07, 6.45) is -1.03. The number of carbonyl (C=O) groups is 1. The van der Waals surface area contributed by atoms with E-state index in [0.29, 0.717) is 36.0 Å². The van der Waals surface area contributed by atoms with Gasteiger partial charge in [-0.25, -0.2) is 18.6 Å². The number of halogens is 2. The van der Waals surface area contributed by atoms with Gasteiger partial charge in [0.25, 0.3) is 6.43 Å². The Morgan fingerprint density at radius 2 is 2.24 bits per heavy atom. The smallest absolute Gasteiger partial charge is 0.260 e. The van der Waals surface area contributed by atoms with Crippen molar-refractivity contribution in [2.75, 3.05) is 50.7 Å². The number of alkyl halides is 2. The number of piperazine rings is 1. The van der Waals surface area contributed by atoms with Crippen molar-refractivity contribution in [3.8, 4) is 17.1 Å². The van der Waals surface area contributed by atoms with E-state index in [0.717, 1.165) is 0 Å². The normalized spacial score (nSPS) is 19.0. The molecule has 1 saturated heterocycles. The first-order valence-corrected chi connectivity index (χ1v) is 10.7. The number of hydrogen-bond donors (Lipinski definition) is 2. The zero-order chi connectivity index (χ0) is 24.4. The Morgan fingerprint density at radius 3 is 2.91 bits per heavy atom. The number of primary amides is 1. The minimum atomic E-state index is -2.68. The largest absolute Gasteiger partial charge is 0.491 e. The molecular formula is C22H26F2N6O4. The van der Waals surface area contributed by atoms with Crippen molar-refractivity contribution in [2.45, 2.75) is 25.1 Å². The summed E-state index contributed by atoms with van der Waals surface area (Å²) >= 11 is 0. The van der Waals surface area contributed by atoms with Gasteiger partial charge in [-0.05, 0) is 19.2 Å². The number of likely N-dealkylation sites (N-methyl/N-ethyl adjacent to an activating group) is 1. The second-order valence-electron chi connectivity index (χ2n) is 8.25. The zero-order valence-corrected chi connectivity index (χ0v) is 18.8. The fourth-order valence-corrected chi connectivity index (χ4v) is 4.22. The summed E-state index contributed by atoms with van der Waals surface area (Å²) in [5.74, 6) is 2.55. The Labute approximate surface area is 194 Å². The monoisotopic (exact) mass is 476 g/mol. The van der Waals surface area contributed by atoms with Gasteiger partial charge in [0.1, 0.15) is 41.9 Å². The Morgan fingerprint density at radius 1 is 1.44 bits per heavy atom. The average molecular weight is 476 g/mol. The molecule has 0 radical (unpaired) electrons. The molecule has 12 heteroatoms. The van der Waals surface area contributed by atoms with Crippen molar-refractivity contribution in [3.05, 3.63) is 30.1 Å². The molecule has 3 heterocycles. The maximum Gasteiger partial charge on any atom is 0.260 e. The summed E-state index contributed by atoms with van der Waals surface area (Å²) in [6, 6.07) is 3.29. The van der Waals surface area contributed by atoms with Crippen LogP contribution in [0.15, 0.2) is 30.1 Å². The van der Waals surface area contributed by atoms with Crippen molar-refractivity contribution in [2.24, 2.45) is 5.73 Å². The number of ether oxygens (including phenoxy) is 2. The fraction of sp³-hybridized carbons (Fsp3) is 0.455. The highest BCUT2D eigenvalue weighted by molar-refractivity contribution is 5.83. The minimum Gasteiger partial charge on any atom is -0.491 e. The highest BCUT2D eigenvalue weighted by atomic mass is 19.3. The molecule has 1 amide bonds. The van der Waals surface area contributed by atoms with Crippen molar-refractivity contribution in [3.63, 3.8) is 0 Å². The maximum atomic E-state index is 13.9. The molecule has 2 aliphatic rings. The number of nitrogens with two attached hydrogens (primary N) is 1. The second-order valence-corrected chi connectivity index (χ2v) is 8.25. The molecule has 34 heavy (non-hydrogen) atoms. The molecule has 2 aromatic rings. The first-order chi connectivity index (χ1) is 16.3. The number of fused-ring (bicyclic) bond motifs is 3. The molecule has 2 aliphatic heterocycles. The molecule has 10 nitrogen and oxygen atoms in total. The number of anilines is 2. The van der Waals surface area contributed by atoms with E-state index < -0.39 is 24.4 Å². The van der Waals surface area contributed by atoms with Crippen molar-refractivity contribution < 1.29 is 27.8 Å². The van der Waals surface area contributed by atoms with Crippen LogP contribution >= 0.6 is 0 Å². The summed E-state index contributed by atoms with van der Waals surface area (Å²) in [7, 11) is 3.15. The number of nitrogens with one attached hydrogen (secondary N) is 1. The summed E-state index contributed by atoms with van der Waals surface area (Å²) < 4.78 is 40.5. The molecule has 1 aromatic heterocycles. The van der Waals surface area contributed by atoms with Crippen molar-refractivity contribution in [1.29, 1.82) is 0 Å². The maximum absolute atomic E-state index is 13.9. The third-order valence-corrected chi connectivity index (χ3v) is 5.79. The lowest BCUT2D eigenvalue weighted by Gasteiger charge is -2.39. The molecule has 182 valence electrons. The standard InChI is InChI=1S/C22H26F2N6O4/c1-28-8-14(11-31)30(17(9-28)20(23)24)19-10-29-5-6-34-18-7-13(3-4-15(18)22(29)27-19)26-16(12-33-2)21(25)32/h3-4,7,10,16-17,20,26H,5-6,8-9,12H2,1-2H3,(H2,25,32)/t16?,17-/m0/s1. The van der Waals surface area contributed by atoms with Crippen molar-refractivity contribution >= 4 is 23.4 Å². The SMILES string of the molecule is COCC(Nc1ccc2c(c1)OCCn1cc(N3C(=C=O)CN(C)C[C@H]3C(F)F)nc1-2)C(N)=O. The van der Waals surface area contributed by atoms with Crippen LogP contribution in [0.4, 0.5) is 20.3 Å². The lowest BCUT2D eigenvalue weighted by atomic mass is 10.1. The number of nitrogens with zero attached hydrogens (tertiary/aromatic N) is 4. The van der Waals surface area contributed by atoms with Crippen LogP contribution in [-0.4, -0.2) is 85.3 Å². The predicted octanol–water partition coefficient (Wildman–Crippen LogP) is 0.956. The zero-order valence-electron chi connectivity index (χ0n) is 18.8. The fourth-order valence-electron chi connectivity index (χ4n) is 4.22. The Kier molecular flexibility index (Phi) is 6.82. The number of carbonyl (C=O) groups excluding carboxylic acids is 2. The van der Waals surface area contributed by atoms with Gasteiger partial charge in [0, 0.05) is 38.1 Å². The van der Waals surface area contributed by atoms with Crippen LogP contribution in [-0.2, 0) is 20.9 Å². The van der Waals surface area contributed by atoms with E-state index in [1.807, 2.05) is 10.5 Å². The Bertz CT molecular complexity index is 1120. The highest BCUT2D eigenvalue weighted by Crippen LogP contribution is 2.37. The molecule has 0 bridgehead atoms. The first kappa shape index (κ1) is 23.7. The van der Waals surface area contributed by atoms with E-state index >= 15 is 0 Å². The number of amides is 1. The van der Waals surface area contributed by atoms with Gasteiger partial charge in [0.05, 0.1) is 18.7 Å². The van der Waals surface area contributed by atoms with Gasteiger partial charge in [-0.15, -0.1) is 0 Å². The van der Waals surface area contributed by atoms with Gasteiger partial charge in [0.15, 0.2) is 5.82 Å². The number of methoxy groups -OCH3 is 1. The molecule has 0 spiro atoms. The molecule has 3 N–H and O–H groups in total. The van der Waals surface area contributed by atoms with E-state index in [2.05, 4.69) is 10.3 Å². The molecular weight excluding hydrogens is 450 g/mol. The van der Waals surface area contributed by atoms with E-state index in [-0.39, 0.29) is 31.2 Å². The molecule has 1 fully saturated rings. The van der Waals surface area contributed by atoms with E-state index in [9.17, 15) is 18.4 Å². The molecule has 1 unspecified atom stereocenters. The topological polar surface area (TPSA) is 115 Å². The number of imidazole rings is 1. The molecule has 1 aromatic carbocycles. The van der Waals surface area contributed by atoms with E-state index in [1.54, 1.807) is 36.3 Å². The van der Waals surface area contributed by atoms with Crippen LogP contribution in [0, 0.1) is 0 Å². The third kappa shape index (κ3) is 4.60. The predicted molar refractivity (Wildman–Crippen MR) is 121 cm³/mol. The van der Waals surface area contributed by atoms with Gasteiger partial charge in [-0.3, -0.25) is 9.69 Å². The number of hydrogen-bond acceptors (Lipinski definition) is 8. The summed E-state index contributed by atoms with van der Waals surface area (Å²) in [4.78, 5) is 30.8. The molecule has 0 aliphatic carbocycles. The number of aromatic nitrogens is 2. The van der Waals surface area contributed by atoms with Crippen LogP contribution in [0.25, 0.3) is 11.4 Å². The van der Waals surface area contributed by atoms with E-state index in [4.69, 9.17) is 15.2 Å². The van der Waals surface area contributed by atoms with E-state index in [1.165, 1.54) is 12.0 Å². The van der Waals surface area contributed by atoms with Crippen molar-refractivity contribution in [1.82, 2.24) is 14.5 Å². The number of benzene rings is 1. The second kappa shape index (κ2) is 9.80. The van der Waals surface area contributed by atoms with Gasteiger partial charge >= 0.3 is 0 Å². The van der Waals surface area contributed by atoms with Crippen LogP contribution in [0.2, 0.25) is 0 Å². The third-order valence-electron chi connectivity index (χ3n) is 5.79. The lowest BCUT2D eigenvalue weighted by molar-refractivity contribution is -0.119. The summed E-state index contributed by atoms with van der Waals surface area (Å²) in [5.41, 5.74) is 6.78. The quantitative estimate of drug-likeness (QED) is 0.568. The summed E-state index contributed by atoms with van der Waals surface area (Å²) in [5, 5.41) is 3.02. The highest BCUT2D eigenvalue weighted by Gasteiger charge is 2.38. The van der Waals surface area contributed by atoms with Gasteiger partial charge in [-0.1, -0.05) is 0 Å². The van der Waals surface area contributed by atoms with Crippen LogP contribution in [0.5, 0.6) is 5.75 Å². The number of rotatable bonds is 7. The first-order valence-electron chi connectivity index (χ1n) is 10.7.